The minimum atomic E-state index is -0.519. The van der Waals surface area contributed by atoms with E-state index in [1.807, 2.05) is 30.3 Å². The predicted molar refractivity (Wildman–Crippen MR) is 103 cm³/mol. The van der Waals surface area contributed by atoms with Crippen molar-refractivity contribution >= 4 is 0 Å². The lowest BCUT2D eigenvalue weighted by atomic mass is 10.0. The Morgan fingerprint density at radius 3 is 1.89 bits per heavy atom. The van der Waals surface area contributed by atoms with Crippen LogP contribution in [0.25, 0.3) is 22.5 Å². The van der Waals surface area contributed by atoms with Crippen LogP contribution in [0.4, 0.5) is 8.78 Å². The van der Waals surface area contributed by atoms with Crippen LogP contribution in [-0.2, 0) is 6.54 Å². The van der Waals surface area contributed by atoms with Crippen molar-refractivity contribution in [3.05, 3.63) is 107 Å². The molecule has 0 amide bonds. The Kier molecular flexibility index (Phi) is 4.76. The highest BCUT2D eigenvalue weighted by atomic mass is 19.1. The fraction of sp³-hybridized carbons (Fsp3) is 0.0455. The second kappa shape index (κ2) is 7.52. The molecule has 4 nitrogen and oxygen atoms in total. The quantitative estimate of drug-likeness (QED) is 0.534. The molecule has 0 aliphatic heterocycles. The monoisotopic (exact) mass is 375 g/mol. The lowest BCUT2D eigenvalue weighted by molar-refractivity contribution is 0.627. The molecule has 0 unspecified atom stereocenters. The highest BCUT2D eigenvalue weighted by molar-refractivity contribution is 5.77. The molecular formula is C22H15F2N3O. The zero-order valence-electron chi connectivity index (χ0n) is 14.7. The molecular weight excluding hydrogens is 360 g/mol. The first-order valence-corrected chi connectivity index (χ1v) is 8.65. The zero-order chi connectivity index (χ0) is 19.5. The van der Waals surface area contributed by atoms with Crippen molar-refractivity contribution in [3.8, 4) is 22.5 Å². The van der Waals surface area contributed by atoms with Crippen molar-refractivity contribution in [1.82, 2.24) is 14.8 Å². The van der Waals surface area contributed by atoms with Gasteiger partial charge in [0.1, 0.15) is 17.3 Å². The average molecular weight is 375 g/mol. The van der Waals surface area contributed by atoms with E-state index in [-0.39, 0.29) is 18.2 Å². The van der Waals surface area contributed by atoms with Crippen LogP contribution in [-0.4, -0.2) is 14.8 Å². The lowest BCUT2D eigenvalue weighted by Crippen LogP contribution is -2.27. The molecule has 0 saturated heterocycles. The first-order chi connectivity index (χ1) is 13.6. The minimum Gasteiger partial charge on any atom is -0.284 e. The summed E-state index contributed by atoms with van der Waals surface area (Å²) in [5, 5.41) is 7.85. The Morgan fingerprint density at radius 1 is 0.714 bits per heavy atom. The van der Waals surface area contributed by atoms with Crippen LogP contribution in [0.5, 0.6) is 0 Å². The van der Waals surface area contributed by atoms with Crippen molar-refractivity contribution < 1.29 is 8.78 Å². The summed E-state index contributed by atoms with van der Waals surface area (Å²) in [5.41, 5.74) is 2.52. The van der Waals surface area contributed by atoms with Crippen molar-refractivity contribution in [2.45, 2.75) is 6.54 Å². The van der Waals surface area contributed by atoms with Gasteiger partial charge in [0.2, 0.25) is 0 Å². The van der Waals surface area contributed by atoms with Crippen LogP contribution in [0.3, 0.4) is 0 Å². The third-order valence-electron chi connectivity index (χ3n) is 4.38. The largest absolute Gasteiger partial charge is 0.367 e. The smallest absolute Gasteiger partial charge is 0.284 e. The molecule has 0 aliphatic carbocycles. The molecule has 0 N–H and O–H groups in total. The van der Waals surface area contributed by atoms with E-state index in [9.17, 15) is 13.6 Å². The highest BCUT2D eigenvalue weighted by Crippen LogP contribution is 2.29. The van der Waals surface area contributed by atoms with Crippen LogP contribution in [0.15, 0.2) is 83.7 Å². The van der Waals surface area contributed by atoms with E-state index in [2.05, 4.69) is 10.2 Å². The Hall–Kier alpha value is -3.67. The number of halogens is 2. The normalized spacial score (nSPS) is 10.8. The van der Waals surface area contributed by atoms with Crippen molar-refractivity contribution in [2.24, 2.45) is 0 Å². The first-order valence-electron chi connectivity index (χ1n) is 8.65. The second-order valence-electron chi connectivity index (χ2n) is 6.27. The van der Waals surface area contributed by atoms with E-state index in [0.29, 0.717) is 22.5 Å². The van der Waals surface area contributed by atoms with Gasteiger partial charge in [0, 0.05) is 11.1 Å². The predicted octanol–water partition coefficient (Wildman–Crippen LogP) is 4.30. The zero-order valence-corrected chi connectivity index (χ0v) is 14.7. The van der Waals surface area contributed by atoms with Gasteiger partial charge < -0.3 is 0 Å². The summed E-state index contributed by atoms with van der Waals surface area (Å²) in [6.07, 6.45) is 0. The maximum absolute atomic E-state index is 13.5. The van der Waals surface area contributed by atoms with Crippen molar-refractivity contribution in [3.63, 3.8) is 0 Å². The third-order valence-corrected chi connectivity index (χ3v) is 4.38. The van der Waals surface area contributed by atoms with E-state index in [1.54, 1.807) is 24.3 Å². The van der Waals surface area contributed by atoms with Crippen LogP contribution >= 0.6 is 0 Å². The molecule has 1 aromatic heterocycles. The van der Waals surface area contributed by atoms with Gasteiger partial charge in [-0.1, -0.05) is 35.4 Å². The summed E-state index contributed by atoms with van der Waals surface area (Å²) in [6, 6.07) is 21.0. The first kappa shape index (κ1) is 17.7. The Bertz CT molecular complexity index is 1160. The Labute approximate surface area is 159 Å². The number of nitrogens with zero attached hydrogens (tertiary/aromatic N) is 3. The van der Waals surface area contributed by atoms with Gasteiger partial charge in [0.25, 0.3) is 0 Å². The summed E-state index contributed by atoms with van der Waals surface area (Å²) in [4.78, 5) is 12.6. The van der Waals surface area contributed by atoms with Crippen LogP contribution in [0.2, 0.25) is 0 Å². The summed E-state index contributed by atoms with van der Waals surface area (Å²) in [5.74, 6) is -0.760. The van der Waals surface area contributed by atoms with E-state index in [0.717, 1.165) is 5.56 Å². The van der Waals surface area contributed by atoms with Gasteiger partial charge in [-0.15, -0.1) is 5.10 Å². The van der Waals surface area contributed by atoms with Gasteiger partial charge in [-0.3, -0.25) is 4.57 Å². The van der Waals surface area contributed by atoms with Gasteiger partial charge in [0.15, 0.2) is 0 Å². The van der Waals surface area contributed by atoms with Crippen LogP contribution < -0.4 is 5.69 Å². The van der Waals surface area contributed by atoms with Gasteiger partial charge in [-0.05, 0) is 54.1 Å². The third kappa shape index (κ3) is 3.57. The Balaban J connectivity index is 1.96. The topological polar surface area (TPSA) is 47.8 Å². The number of hydrogen-bond acceptors (Lipinski definition) is 3. The number of hydrogen-bond donors (Lipinski definition) is 0. The maximum Gasteiger partial charge on any atom is 0.367 e. The summed E-state index contributed by atoms with van der Waals surface area (Å²) >= 11 is 0. The number of rotatable bonds is 4. The van der Waals surface area contributed by atoms with Crippen LogP contribution in [0, 0.1) is 11.6 Å². The molecule has 28 heavy (non-hydrogen) atoms. The van der Waals surface area contributed by atoms with Gasteiger partial charge in [-0.25, -0.2) is 13.6 Å². The van der Waals surface area contributed by atoms with E-state index in [4.69, 9.17) is 0 Å². The summed E-state index contributed by atoms with van der Waals surface area (Å²) in [7, 11) is 0. The van der Waals surface area contributed by atoms with Gasteiger partial charge >= 0.3 is 5.69 Å². The highest BCUT2D eigenvalue weighted by Gasteiger charge is 2.17. The van der Waals surface area contributed by atoms with E-state index < -0.39 is 5.69 Å². The molecule has 0 saturated carbocycles. The van der Waals surface area contributed by atoms with Crippen molar-refractivity contribution in [2.75, 3.05) is 0 Å². The molecule has 0 spiro atoms. The van der Waals surface area contributed by atoms with Gasteiger partial charge in [0.05, 0.1) is 12.2 Å². The minimum absolute atomic E-state index is 0.274. The van der Waals surface area contributed by atoms with Crippen LogP contribution in [0.1, 0.15) is 5.56 Å². The van der Waals surface area contributed by atoms with E-state index >= 15 is 0 Å². The SMILES string of the molecule is O=c1nnc(-c2ccc(F)cc2)c(-c2ccc(F)cc2)n1Cc1ccccc1. The second-order valence-corrected chi connectivity index (χ2v) is 6.27. The molecule has 0 radical (unpaired) electrons. The maximum atomic E-state index is 13.5. The molecule has 1 heterocycles. The number of aromatic nitrogens is 3. The van der Waals surface area contributed by atoms with Crippen molar-refractivity contribution in [1.29, 1.82) is 0 Å². The Morgan fingerprint density at radius 2 is 1.29 bits per heavy atom. The molecule has 6 heteroatoms. The van der Waals surface area contributed by atoms with Gasteiger partial charge in [-0.2, -0.15) is 0 Å². The molecule has 3 aromatic carbocycles. The fourth-order valence-corrected chi connectivity index (χ4v) is 3.03. The average Bonchev–Trinajstić information content (AvgIpc) is 2.72. The molecule has 0 bridgehead atoms. The van der Waals surface area contributed by atoms with E-state index in [1.165, 1.54) is 28.8 Å². The molecule has 138 valence electrons. The standard InChI is InChI=1S/C22H15F2N3O/c23-18-10-6-16(7-11-18)20-21(17-8-12-19(24)13-9-17)27(22(28)26-25-20)14-15-4-2-1-3-5-15/h1-13H,14H2. The molecule has 0 atom stereocenters. The molecule has 4 aromatic rings. The number of benzene rings is 3. The molecule has 4 rings (SSSR count). The molecule has 0 aliphatic rings. The molecule has 0 fully saturated rings. The fourth-order valence-electron chi connectivity index (χ4n) is 3.03. The summed E-state index contributed by atoms with van der Waals surface area (Å²) < 4.78 is 28.3. The summed E-state index contributed by atoms with van der Waals surface area (Å²) in [6.45, 7) is 0.274. The lowest BCUT2D eigenvalue weighted by Gasteiger charge is -2.16.